The summed E-state index contributed by atoms with van der Waals surface area (Å²) < 4.78 is 0. The van der Waals surface area contributed by atoms with Gasteiger partial charge in [0.05, 0.1) is 12.0 Å². The van der Waals surface area contributed by atoms with Crippen molar-refractivity contribution >= 4 is 5.69 Å². The molecular formula is C17H26N2. The number of anilines is 1. The van der Waals surface area contributed by atoms with Gasteiger partial charge in [-0.05, 0) is 42.4 Å². The molecule has 0 aliphatic carbocycles. The number of hydrogen-bond acceptors (Lipinski definition) is 2. The SMILES string of the molecule is CCC(C#N)CNc1c(C)cc(C(C)(C)C)cc1C. The average molecular weight is 258 g/mol. The summed E-state index contributed by atoms with van der Waals surface area (Å²) >= 11 is 0. The molecule has 104 valence electrons. The molecular weight excluding hydrogens is 232 g/mol. The molecule has 19 heavy (non-hydrogen) atoms. The first-order valence-corrected chi connectivity index (χ1v) is 7.04. The first kappa shape index (κ1) is 15.6. The van der Waals surface area contributed by atoms with Gasteiger partial charge in [0.25, 0.3) is 0 Å². The number of nitriles is 1. The Hall–Kier alpha value is -1.49. The van der Waals surface area contributed by atoms with Crippen LogP contribution in [0.2, 0.25) is 0 Å². The molecule has 0 spiro atoms. The van der Waals surface area contributed by atoms with Crippen LogP contribution in [0.15, 0.2) is 12.1 Å². The monoisotopic (exact) mass is 258 g/mol. The van der Waals surface area contributed by atoms with Gasteiger partial charge in [-0.2, -0.15) is 5.26 Å². The Balaban J connectivity index is 2.96. The van der Waals surface area contributed by atoms with Gasteiger partial charge in [-0.3, -0.25) is 0 Å². The predicted molar refractivity (Wildman–Crippen MR) is 82.5 cm³/mol. The van der Waals surface area contributed by atoms with E-state index in [0.29, 0.717) is 0 Å². The largest absolute Gasteiger partial charge is 0.383 e. The molecule has 0 bridgehead atoms. The fourth-order valence-corrected chi connectivity index (χ4v) is 2.18. The number of nitrogens with one attached hydrogen (secondary N) is 1. The van der Waals surface area contributed by atoms with Gasteiger partial charge in [0.2, 0.25) is 0 Å². The van der Waals surface area contributed by atoms with Crippen molar-refractivity contribution in [3.63, 3.8) is 0 Å². The van der Waals surface area contributed by atoms with Crippen LogP contribution in [0.5, 0.6) is 0 Å². The van der Waals surface area contributed by atoms with Gasteiger partial charge < -0.3 is 5.32 Å². The van der Waals surface area contributed by atoms with Crippen LogP contribution in [0.3, 0.4) is 0 Å². The van der Waals surface area contributed by atoms with Crippen LogP contribution in [0.1, 0.15) is 50.8 Å². The van der Waals surface area contributed by atoms with Crippen molar-refractivity contribution in [1.29, 1.82) is 5.26 Å². The summed E-state index contributed by atoms with van der Waals surface area (Å²) in [6.45, 7) is 13.8. The van der Waals surface area contributed by atoms with E-state index in [4.69, 9.17) is 5.26 Å². The molecule has 0 fully saturated rings. The highest BCUT2D eigenvalue weighted by Gasteiger charge is 2.16. The van der Waals surface area contributed by atoms with Crippen molar-refractivity contribution in [1.82, 2.24) is 0 Å². The molecule has 0 aliphatic heterocycles. The molecule has 0 saturated carbocycles. The van der Waals surface area contributed by atoms with E-state index in [1.165, 1.54) is 22.4 Å². The summed E-state index contributed by atoms with van der Waals surface area (Å²) in [5, 5.41) is 12.4. The van der Waals surface area contributed by atoms with Crippen molar-refractivity contribution in [2.45, 2.75) is 53.4 Å². The van der Waals surface area contributed by atoms with Crippen molar-refractivity contribution < 1.29 is 0 Å². The second-order valence-electron chi connectivity index (χ2n) is 6.35. The van der Waals surface area contributed by atoms with Crippen LogP contribution in [-0.2, 0) is 5.41 Å². The minimum atomic E-state index is 0.0843. The van der Waals surface area contributed by atoms with Gasteiger partial charge in [-0.25, -0.2) is 0 Å². The zero-order chi connectivity index (χ0) is 14.6. The molecule has 1 rings (SSSR count). The van der Waals surface area contributed by atoms with E-state index < -0.39 is 0 Å². The molecule has 0 radical (unpaired) electrons. The fraction of sp³-hybridized carbons (Fsp3) is 0.588. The van der Waals surface area contributed by atoms with Crippen molar-refractivity contribution in [2.75, 3.05) is 11.9 Å². The van der Waals surface area contributed by atoms with Crippen molar-refractivity contribution in [2.24, 2.45) is 5.92 Å². The van der Waals surface area contributed by atoms with E-state index in [2.05, 4.69) is 65.1 Å². The Labute approximate surface area is 117 Å². The molecule has 1 aromatic rings. The Morgan fingerprint density at radius 3 is 2.11 bits per heavy atom. The molecule has 0 aliphatic rings. The summed E-state index contributed by atoms with van der Waals surface area (Å²) in [5.74, 6) is 0.0843. The molecule has 0 aromatic heterocycles. The standard InChI is InChI=1S/C17H26N2/c1-7-14(10-18)11-19-16-12(2)8-15(9-13(16)3)17(4,5)6/h8-9,14,19H,7,11H2,1-6H3. The van der Waals surface area contributed by atoms with Crippen LogP contribution in [0.4, 0.5) is 5.69 Å². The lowest BCUT2D eigenvalue weighted by Crippen LogP contribution is -2.15. The summed E-state index contributed by atoms with van der Waals surface area (Å²) in [6, 6.07) is 6.84. The minimum Gasteiger partial charge on any atom is -0.383 e. The molecule has 1 N–H and O–H groups in total. The molecule has 0 heterocycles. The maximum Gasteiger partial charge on any atom is 0.0674 e. The van der Waals surface area contributed by atoms with Gasteiger partial charge in [0, 0.05) is 12.2 Å². The van der Waals surface area contributed by atoms with Gasteiger partial charge in [0.1, 0.15) is 0 Å². The number of nitrogens with zero attached hydrogens (tertiary/aromatic N) is 1. The van der Waals surface area contributed by atoms with Crippen molar-refractivity contribution in [3.8, 4) is 6.07 Å². The molecule has 1 aromatic carbocycles. The molecule has 2 nitrogen and oxygen atoms in total. The molecule has 1 unspecified atom stereocenters. The van der Waals surface area contributed by atoms with E-state index in [1.54, 1.807) is 0 Å². The number of benzene rings is 1. The predicted octanol–water partition coefficient (Wildman–Crippen LogP) is 4.56. The minimum absolute atomic E-state index is 0.0843. The zero-order valence-electron chi connectivity index (χ0n) is 13.1. The molecule has 0 saturated heterocycles. The van der Waals surface area contributed by atoms with E-state index in [-0.39, 0.29) is 11.3 Å². The van der Waals surface area contributed by atoms with Crippen LogP contribution in [0.25, 0.3) is 0 Å². The lowest BCUT2D eigenvalue weighted by Gasteiger charge is -2.23. The van der Waals surface area contributed by atoms with Gasteiger partial charge in [-0.15, -0.1) is 0 Å². The third-order valence-corrected chi connectivity index (χ3v) is 3.60. The summed E-state index contributed by atoms with van der Waals surface area (Å²) in [6.07, 6.45) is 0.891. The Morgan fingerprint density at radius 1 is 1.21 bits per heavy atom. The zero-order valence-corrected chi connectivity index (χ0v) is 13.1. The van der Waals surface area contributed by atoms with Crippen LogP contribution < -0.4 is 5.32 Å². The maximum absolute atomic E-state index is 9.00. The van der Waals surface area contributed by atoms with E-state index >= 15 is 0 Å². The molecule has 2 heteroatoms. The third-order valence-electron chi connectivity index (χ3n) is 3.60. The van der Waals surface area contributed by atoms with Gasteiger partial charge in [0.15, 0.2) is 0 Å². The van der Waals surface area contributed by atoms with Gasteiger partial charge in [-0.1, -0.05) is 39.8 Å². The Kier molecular flexibility index (Phi) is 5.00. The Morgan fingerprint density at radius 2 is 1.74 bits per heavy atom. The van der Waals surface area contributed by atoms with Crippen LogP contribution >= 0.6 is 0 Å². The highest BCUT2D eigenvalue weighted by molar-refractivity contribution is 5.59. The highest BCUT2D eigenvalue weighted by Crippen LogP contribution is 2.29. The number of aryl methyl sites for hydroxylation is 2. The lowest BCUT2D eigenvalue weighted by atomic mass is 9.84. The maximum atomic E-state index is 9.00. The first-order valence-electron chi connectivity index (χ1n) is 7.04. The second-order valence-corrected chi connectivity index (χ2v) is 6.35. The van der Waals surface area contributed by atoms with E-state index in [1.807, 2.05) is 0 Å². The lowest BCUT2D eigenvalue weighted by molar-refractivity contribution is 0.589. The Bertz CT molecular complexity index is 452. The van der Waals surface area contributed by atoms with Crippen LogP contribution in [-0.4, -0.2) is 6.54 Å². The van der Waals surface area contributed by atoms with Crippen LogP contribution in [0, 0.1) is 31.1 Å². The summed E-state index contributed by atoms with van der Waals surface area (Å²) in [7, 11) is 0. The normalized spacial score (nSPS) is 12.9. The number of hydrogen-bond donors (Lipinski definition) is 1. The molecule has 1 atom stereocenters. The summed E-state index contributed by atoms with van der Waals surface area (Å²) in [5.41, 5.74) is 5.24. The number of rotatable bonds is 4. The second kappa shape index (κ2) is 6.10. The average Bonchev–Trinajstić information content (AvgIpc) is 2.31. The van der Waals surface area contributed by atoms with E-state index in [9.17, 15) is 0 Å². The highest BCUT2D eigenvalue weighted by atomic mass is 14.9. The third kappa shape index (κ3) is 3.99. The quantitative estimate of drug-likeness (QED) is 0.859. The fourth-order valence-electron chi connectivity index (χ4n) is 2.18. The van der Waals surface area contributed by atoms with Crippen molar-refractivity contribution in [3.05, 3.63) is 28.8 Å². The van der Waals surface area contributed by atoms with Gasteiger partial charge >= 0.3 is 0 Å². The summed E-state index contributed by atoms with van der Waals surface area (Å²) in [4.78, 5) is 0. The topological polar surface area (TPSA) is 35.8 Å². The molecule has 0 amide bonds. The van der Waals surface area contributed by atoms with E-state index in [0.717, 1.165) is 13.0 Å². The first-order chi connectivity index (χ1) is 8.79. The smallest absolute Gasteiger partial charge is 0.0674 e.